The number of nitrogens with zero attached hydrogens (tertiary/aromatic N) is 3. The van der Waals surface area contributed by atoms with Gasteiger partial charge in [0, 0.05) is 31.7 Å². The van der Waals surface area contributed by atoms with Crippen molar-refractivity contribution in [2.75, 3.05) is 33.7 Å². The largest absolute Gasteiger partial charge is 0.337 e. The van der Waals surface area contributed by atoms with Gasteiger partial charge in [0.25, 0.3) is 5.91 Å². The van der Waals surface area contributed by atoms with Crippen molar-refractivity contribution in [1.29, 1.82) is 0 Å². The van der Waals surface area contributed by atoms with Crippen molar-refractivity contribution < 1.29 is 4.79 Å². The van der Waals surface area contributed by atoms with Gasteiger partial charge in [0.05, 0.1) is 11.0 Å². The van der Waals surface area contributed by atoms with Gasteiger partial charge in [0.2, 0.25) is 0 Å². The number of carbonyl (C=O) groups excluding carboxylic acids is 1. The molecule has 1 amide bonds. The van der Waals surface area contributed by atoms with Crippen molar-refractivity contribution >= 4 is 16.9 Å². The van der Waals surface area contributed by atoms with Gasteiger partial charge in [-0.2, -0.15) is 0 Å². The molecule has 0 aliphatic rings. The molecule has 2 aromatic carbocycles. The lowest BCUT2D eigenvalue weighted by Gasteiger charge is -2.25. The lowest BCUT2D eigenvalue weighted by Crippen LogP contribution is -2.38. The molecule has 7 heteroatoms. The summed E-state index contributed by atoms with van der Waals surface area (Å²) < 4.78 is 1.42. The summed E-state index contributed by atoms with van der Waals surface area (Å²) in [6.07, 6.45) is 1.77. The molecule has 0 saturated heterocycles. The van der Waals surface area contributed by atoms with Gasteiger partial charge in [0.15, 0.2) is 0 Å². The summed E-state index contributed by atoms with van der Waals surface area (Å²) in [5.41, 5.74) is 1.61. The van der Waals surface area contributed by atoms with Crippen LogP contribution in [0.3, 0.4) is 0 Å². The van der Waals surface area contributed by atoms with E-state index >= 15 is 0 Å². The van der Waals surface area contributed by atoms with Crippen molar-refractivity contribution in [3.63, 3.8) is 0 Å². The predicted molar refractivity (Wildman–Crippen MR) is 124 cm³/mol. The first-order chi connectivity index (χ1) is 14.9. The third-order valence-electron chi connectivity index (χ3n) is 5.38. The summed E-state index contributed by atoms with van der Waals surface area (Å²) in [7, 11) is 3.97. The molecule has 0 saturated carbocycles. The van der Waals surface area contributed by atoms with Gasteiger partial charge in [-0.15, -0.1) is 0 Å². The van der Waals surface area contributed by atoms with Crippen LogP contribution in [0.4, 0.5) is 0 Å². The molecule has 0 bridgehead atoms. The standard InChI is InChI=1S/C24H30N4O3/c1-4-28-21-13-12-19(17-20(21)25-22(29)24(28)31)23(30)27(16-15-26(2)3)14-8-11-18-9-6-5-7-10-18/h5-7,9-10,12-13,17H,4,8,11,14-16H2,1-3H3,(H,25,29). The molecule has 164 valence electrons. The number of rotatable bonds is 9. The number of hydrogen-bond acceptors (Lipinski definition) is 4. The van der Waals surface area contributed by atoms with E-state index in [2.05, 4.69) is 22.0 Å². The van der Waals surface area contributed by atoms with Crippen LogP contribution in [-0.2, 0) is 13.0 Å². The van der Waals surface area contributed by atoms with Gasteiger partial charge in [-0.3, -0.25) is 14.4 Å². The van der Waals surface area contributed by atoms with Gasteiger partial charge >= 0.3 is 11.1 Å². The highest BCUT2D eigenvalue weighted by Gasteiger charge is 2.17. The van der Waals surface area contributed by atoms with Crippen LogP contribution in [0, 0.1) is 0 Å². The summed E-state index contributed by atoms with van der Waals surface area (Å²) >= 11 is 0. The number of fused-ring (bicyclic) bond motifs is 1. The Bertz CT molecular complexity index is 1150. The van der Waals surface area contributed by atoms with E-state index in [1.165, 1.54) is 10.1 Å². The summed E-state index contributed by atoms with van der Waals surface area (Å²) in [5, 5.41) is 0. The maximum atomic E-state index is 13.3. The van der Waals surface area contributed by atoms with Crippen LogP contribution in [0.25, 0.3) is 11.0 Å². The monoisotopic (exact) mass is 422 g/mol. The average molecular weight is 423 g/mol. The number of carbonyl (C=O) groups is 1. The number of aromatic amines is 1. The molecule has 0 aliphatic carbocycles. The van der Waals surface area contributed by atoms with Crippen LogP contribution in [0.15, 0.2) is 58.1 Å². The van der Waals surface area contributed by atoms with Gasteiger partial charge in [-0.05, 0) is 57.6 Å². The fourth-order valence-electron chi connectivity index (χ4n) is 3.66. The Balaban J connectivity index is 1.83. The Labute approximate surface area is 181 Å². The lowest BCUT2D eigenvalue weighted by molar-refractivity contribution is 0.0743. The molecule has 1 N–H and O–H groups in total. The van der Waals surface area contributed by atoms with Crippen LogP contribution < -0.4 is 11.1 Å². The van der Waals surface area contributed by atoms with Crippen LogP contribution in [-0.4, -0.2) is 59.0 Å². The fourth-order valence-corrected chi connectivity index (χ4v) is 3.66. The van der Waals surface area contributed by atoms with Crippen molar-refractivity contribution in [1.82, 2.24) is 19.4 Å². The highest BCUT2D eigenvalue weighted by Crippen LogP contribution is 2.14. The third-order valence-corrected chi connectivity index (χ3v) is 5.38. The summed E-state index contributed by atoms with van der Waals surface area (Å²) in [6, 6.07) is 15.4. The quantitative estimate of drug-likeness (QED) is 0.537. The smallest absolute Gasteiger partial charge is 0.316 e. The van der Waals surface area contributed by atoms with Crippen molar-refractivity contribution in [3.05, 3.63) is 80.4 Å². The molecule has 0 unspecified atom stereocenters. The number of aryl methyl sites for hydroxylation is 2. The van der Waals surface area contributed by atoms with E-state index in [0.717, 1.165) is 19.4 Å². The zero-order valence-electron chi connectivity index (χ0n) is 18.4. The molecule has 1 heterocycles. The first-order valence-corrected chi connectivity index (χ1v) is 10.7. The number of likely N-dealkylation sites (N-methyl/N-ethyl adjacent to an activating group) is 1. The van der Waals surface area contributed by atoms with Crippen molar-refractivity contribution in [3.8, 4) is 0 Å². The Morgan fingerprint density at radius 2 is 1.74 bits per heavy atom. The molecule has 0 radical (unpaired) electrons. The minimum absolute atomic E-state index is 0.0769. The number of nitrogens with one attached hydrogen (secondary N) is 1. The van der Waals surface area contributed by atoms with E-state index in [9.17, 15) is 14.4 Å². The fraction of sp³-hybridized carbons (Fsp3) is 0.375. The van der Waals surface area contributed by atoms with Crippen molar-refractivity contribution in [2.45, 2.75) is 26.3 Å². The number of H-pyrrole nitrogens is 1. The zero-order valence-corrected chi connectivity index (χ0v) is 18.4. The molecular formula is C24H30N4O3. The normalized spacial score (nSPS) is 11.2. The molecule has 0 aliphatic heterocycles. The number of aromatic nitrogens is 2. The highest BCUT2D eigenvalue weighted by molar-refractivity contribution is 5.97. The molecule has 0 spiro atoms. The minimum atomic E-state index is -0.675. The van der Waals surface area contributed by atoms with E-state index in [0.29, 0.717) is 36.2 Å². The Kier molecular flexibility index (Phi) is 7.41. The second-order valence-corrected chi connectivity index (χ2v) is 7.92. The molecule has 7 nitrogen and oxygen atoms in total. The number of amides is 1. The molecule has 0 fully saturated rings. The molecule has 1 aromatic heterocycles. The maximum Gasteiger partial charge on any atom is 0.316 e. The van der Waals surface area contributed by atoms with Crippen LogP contribution >= 0.6 is 0 Å². The third kappa shape index (κ3) is 5.49. The van der Waals surface area contributed by atoms with Crippen LogP contribution in [0.1, 0.15) is 29.3 Å². The molecular weight excluding hydrogens is 392 g/mol. The van der Waals surface area contributed by atoms with E-state index in [-0.39, 0.29) is 5.91 Å². The van der Waals surface area contributed by atoms with E-state index in [1.54, 1.807) is 18.2 Å². The molecule has 3 rings (SSSR count). The Hall–Kier alpha value is -3.19. The second-order valence-electron chi connectivity index (χ2n) is 7.92. The van der Waals surface area contributed by atoms with E-state index in [1.807, 2.05) is 44.1 Å². The van der Waals surface area contributed by atoms with Gasteiger partial charge in [-0.25, -0.2) is 0 Å². The first-order valence-electron chi connectivity index (χ1n) is 10.7. The molecule has 3 aromatic rings. The van der Waals surface area contributed by atoms with Gasteiger partial charge in [0.1, 0.15) is 0 Å². The lowest BCUT2D eigenvalue weighted by atomic mass is 10.1. The summed E-state index contributed by atoms with van der Waals surface area (Å²) in [6.45, 7) is 4.22. The van der Waals surface area contributed by atoms with E-state index < -0.39 is 11.1 Å². The number of benzene rings is 2. The van der Waals surface area contributed by atoms with Gasteiger partial charge in [-0.1, -0.05) is 30.3 Å². The first kappa shape index (κ1) is 22.5. The Morgan fingerprint density at radius 1 is 1.00 bits per heavy atom. The zero-order chi connectivity index (χ0) is 22.4. The van der Waals surface area contributed by atoms with Gasteiger partial charge < -0.3 is 19.4 Å². The van der Waals surface area contributed by atoms with Crippen LogP contribution in [0.2, 0.25) is 0 Å². The SMILES string of the molecule is CCn1c(=O)c(=O)[nH]c2cc(C(=O)N(CCCc3ccccc3)CCN(C)C)ccc21. The summed E-state index contributed by atoms with van der Waals surface area (Å²) in [4.78, 5) is 43.9. The minimum Gasteiger partial charge on any atom is -0.337 e. The van der Waals surface area contributed by atoms with Crippen LogP contribution in [0.5, 0.6) is 0 Å². The Morgan fingerprint density at radius 3 is 2.42 bits per heavy atom. The predicted octanol–water partition coefficient (Wildman–Crippen LogP) is 2.35. The number of hydrogen-bond donors (Lipinski definition) is 1. The maximum absolute atomic E-state index is 13.3. The summed E-state index contributed by atoms with van der Waals surface area (Å²) in [5.74, 6) is -0.0769. The average Bonchev–Trinajstić information content (AvgIpc) is 2.77. The second kappa shape index (κ2) is 10.2. The topological polar surface area (TPSA) is 78.4 Å². The molecule has 31 heavy (non-hydrogen) atoms. The molecule has 0 atom stereocenters. The highest BCUT2D eigenvalue weighted by atomic mass is 16.2. The van der Waals surface area contributed by atoms with E-state index in [4.69, 9.17) is 0 Å². The van der Waals surface area contributed by atoms with Crippen molar-refractivity contribution in [2.24, 2.45) is 0 Å².